The summed E-state index contributed by atoms with van der Waals surface area (Å²) in [6, 6.07) is 11.4. The molecule has 17 nitrogen and oxygen atoms in total. The van der Waals surface area contributed by atoms with E-state index in [2.05, 4.69) is 30.1 Å². The third-order valence-corrected chi connectivity index (χ3v) is 9.32. The standard InChI is InChI=1S/C29H36N9O8P/c1-5-6-14-43-26(40)17(2)35-47(41,46-20-13-9-11-18-10-7-8-12-19(18)20)44-15-21-23(39)29(3,36-37-31)27(45-21)38-16-32-22-24(38)33-28(30)34-25(22)42-4/h7-13,16-17,21,23,27,39H,5-6,14-15H2,1-4H3,(H,35,41)(H2,30,33,34)/t17-,21+,23+,27+,29+,47?/m0/s1. The Morgan fingerprint density at radius 3 is 2.81 bits per heavy atom. The van der Waals surface area contributed by atoms with E-state index in [-0.39, 0.29) is 35.3 Å². The number of hydrogen-bond donors (Lipinski definition) is 3. The van der Waals surface area contributed by atoms with Crippen molar-refractivity contribution >= 4 is 41.6 Å². The average Bonchev–Trinajstić information content (AvgIpc) is 3.57. The fourth-order valence-corrected chi connectivity index (χ4v) is 6.72. The van der Waals surface area contributed by atoms with Crippen LogP contribution in [-0.4, -0.2) is 74.7 Å². The molecule has 0 spiro atoms. The molecule has 2 aromatic carbocycles. The maximum Gasteiger partial charge on any atom is 0.459 e. The zero-order valence-electron chi connectivity index (χ0n) is 26.2. The SMILES string of the molecule is CCCCOC(=O)[C@H](C)NP(=O)(OC[C@H]1O[C@@H](n2cnc3c(OC)nc(N)nc32)[C@](C)(N=[N+]=[N-])[C@@H]1O)Oc1cccc2ccccc12. The third-order valence-electron chi connectivity index (χ3n) is 7.69. The smallest absolute Gasteiger partial charge is 0.459 e. The highest BCUT2D eigenvalue weighted by molar-refractivity contribution is 7.52. The number of ether oxygens (including phenoxy) is 3. The van der Waals surface area contributed by atoms with Crippen molar-refractivity contribution in [3.63, 3.8) is 0 Å². The number of methoxy groups -OCH3 is 1. The van der Waals surface area contributed by atoms with E-state index in [4.69, 9.17) is 29.0 Å². The van der Waals surface area contributed by atoms with Crippen LogP contribution in [0.25, 0.3) is 32.4 Å². The first kappa shape index (κ1) is 33.9. The molecule has 1 aliphatic heterocycles. The van der Waals surface area contributed by atoms with E-state index in [0.717, 1.165) is 11.8 Å². The molecule has 0 amide bonds. The van der Waals surface area contributed by atoms with Crippen LogP contribution in [0.2, 0.25) is 0 Å². The Labute approximate surface area is 269 Å². The van der Waals surface area contributed by atoms with Crippen molar-refractivity contribution in [1.29, 1.82) is 0 Å². The Morgan fingerprint density at radius 1 is 1.30 bits per heavy atom. The number of anilines is 1. The number of rotatable bonds is 14. The van der Waals surface area contributed by atoms with Crippen molar-refractivity contribution in [2.75, 3.05) is 26.1 Å². The number of azide groups is 1. The van der Waals surface area contributed by atoms with Crippen LogP contribution in [0, 0.1) is 0 Å². The molecule has 1 aliphatic rings. The van der Waals surface area contributed by atoms with Crippen molar-refractivity contribution in [2.45, 2.75) is 63.6 Å². The quantitative estimate of drug-likeness (QED) is 0.0422. The zero-order chi connectivity index (χ0) is 33.8. The Kier molecular flexibility index (Phi) is 10.2. The predicted octanol–water partition coefficient (Wildman–Crippen LogP) is 4.42. The van der Waals surface area contributed by atoms with Gasteiger partial charge in [-0.15, -0.1) is 0 Å². The van der Waals surface area contributed by atoms with Gasteiger partial charge in [0.25, 0.3) is 0 Å². The van der Waals surface area contributed by atoms with Crippen molar-refractivity contribution < 1.29 is 37.7 Å². The van der Waals surface area contributed by atoms with Gasteiger partial charge in [-0.25, -0.2) is 9.55 Å². The van der Waals surface area contributed by atoms with Crippen LogP contribution < -0.4 is 20.1 Å². The Morgan fingerprint density at radius 2 is 2.06 bits per heavy atom. The van der Waals surface area contributed by atoms with Gasteiger partial charge in [-0.05, 0) is 37.3 Å². The molecule has 18 heteroatoms. The number of nitrogens with zero attached hydrogens (tertiary/aromatic N) is 7. The molecular weight excluding hydrogens is 633 g/mol. The fraction of sp³-hybridized carbons (Fsp3) is 0.448. The highest BCUT2D eigenvalue weighted by Gasteiger charge is 2.55. The summed E-state index contributed by atoms with van der Waals surface area (Å²) in [4.78, 5) is 28.2. The number of fused-ring (bicyclic) bond motifs is 2. The van der Waals surface area contributed by atoms with Gasteiger partial charge in [-0.1, -0.05) is 54.9 Å². The van der Waals surface area contributed by atoms with Gasteiger partial charge in [0, 0.05) is 10.3 Å². The van der Waals surface area contributed by atoms with Gasteiger partial charge in [0.1, 0.15) is 23.4 Å². The van der Waals surface area contributed by atoms with Gasteiger partial charge in [0.05, 0.1) is 32.8 Å². The summed E-state index contributed by atoms with van der Waals surface area (Å²) in [7, 11) is -2.99. The molecule has 0 bridgehead atoms. The highest BCUT2D eigenvalue weighted by Crippen LogP contribution is 2.49. The molecule has 0 saturated carbocycles. The number of carbonyl (C=O) groups excluding carboxylic acids is 1. The number of nitrogens with one attached hydrogen (secondary N) is 1. The third kappa shape index (κ3) is 6.95. The largest absolute Gasteiger partial charge is 0.479 e. The number of nitrogen functional groups attached to an aromatic ring is 1. The first-order valence-corrected chi connectivity index (χ1v) is 16.4. The minimum Gasteiger partial charge on any atom is -0.479 e. The summed E-state index contributed by atoms with van der Waals surface area (Å²) in [6.07, 6.45) is -1.03. The summed E-state index contributed by atoms with van der Waals surface area (Å²) in [5.41, 5.74) is 14.1. The molecule has 47 heavy (non-hydrogen) atoms. The van der Waals surface area contributed by atoms with Crippen LogP contribution in [-0.2, 0) is 23.4 Å². The molecule has 4 N–H and O–H groups in total. The predicted molar refractivity (Wildman–Crippen MR) is 170 cm³/mol. The zero-order valence-corrected chi connectivity index (χ0v) is 27.1. The number of unbranched alkanes of at least 4 members (excludes halogenated alkanes) is 1. The Balaban J connectivity index is 1.44. The molecule has 3 heterocycles. The average molecular weight is 670 g/mol. The number of benzene rings is 2. The van der Waals surface area contributed by atoms with Crippen LogP contribution in [0.1, 0.15) is 39.8 Å². The number of aromatic nitrogens is 4. The first-order chi connectivity index (χ1) is 22.5. The number of aliphatic hydroxyl groups is 1. The van der Waals surface area contributed by atoms with Crippen LogP contribution in [0.15, 0.2) is 53.9 Å². The number of hydrogen-bond acceptors (Lipinski definition) is 13. The molecule has 1 unspecified atom stereocenters. The van der Waals surface area contributed by atoms with Crippen LogP contribution in [0.5, 0.6) is 11.6 Å². The van der Waals surface area contributed by atoms with E-state index in [1.54, 1.807) is 24.3 Å². The second-order valence-corrected chi connectivity index (χ2v) is 12.7. The maximum absolute atomic E-state index is 14.4. The fourth-order valence-electron chi connectivity index (χ4n) is 5.20. The van der Waals surface area contributed by atoms with E-state index in [1.165, 1.54) is 31.9 Å². The lowest BCUT2D eigenvalue weighted by molar-refractivity contribution is -0.145. The molecule has 1 saturated heterocycles. The lowest BCUT2D eigenvalue weighted by atomic mass is 9.93. The number of imidazole rings is 1. The molecule has 1 fully saturated rings. The summed E-state index contributed by atoms with van der Waals surface area (Å²) >= 11 is 0. The molecule has 6 atom stereocenters. The molecule has 0 aliphatic carbocycles. The number of carbonyl (C=O) groups is 1. The van der Waals surface area contributed by atoms with Gasteiger partial charge < -0.3 is 29.6 Å². The summed E-state index contributed by atoms with van der Waals surface area (Å²) in [5.74, 6) is -0.429. The molecule has 0 radical (unpaired) electrons. The van der Waals surface area contributed by atoms with Crippen molar-refractivity contribution in [1.82, 2.24) is 24.6 Å². The summed E-state index contributed by atoms with van der Waals surface area (Å²) in [6.45, 7) is 4.59. The van der Waals surface area contributed by atoms with Gasteiger partial charge in [0.2, 0.25) is 11.8 Å². The Hall–Kier alpha value is -4.50. The van der Waals surface area contributed by atoms with Gasteiger partial charge in [0.15, 0.2) is 17.4 Å². The van der Waals surface area contributed by atoms with Crippen LogP contribution >= 0.6 is 7.75 Å². The summed E-state index contributed by atoms with van der Waals surface area (Å²) in [5, 5.41) is 19.4. The van der Waals surface area contributed by atoms with Crippen molar-refractivity contribution in [2.24, 2.45) is 5.11 Å². The molecule has 5 rings (SSSR count). The minimum atomic E-state index is -4.39. The summed E-state index contributed by atoms with van der Waals surface area (Å²) < 4.78 is 44.4. The second kappa shape index (κ2) is 14.1. The van der Waals surface area contributed by atoms with Gasteiger partial charge in [-0.2, -0.15) is 15.1 Å². The van der Waals surface area contributed by atoms with Gasteiger partial charge >= 0.3 is 13.7 Å². The number of nitrogens with two attached hydrogens (primary N) is 1. The Bertz CT molecular complexity index is 1850. The number of esters is 1. The number of aliphatic hydroxyl groups excluding tert-OH is 1. The second-order valence-electron chi connectivity index (χ2n) is 11.0. The van der Waals surface area contributed by atoms with E-state index in [1.807, 2.05) is 25.1 Å². The minimum absolute atomic E-state index is 0.107. The van der Waals surface area contributed by atoms with Crippen molar-refractivity contribution in [3.8, 4) is 11.6 Å². The topological polar surface area (TPSA) is 231 Å². The van der Waals surface area contributed by atoms with E-state index < -0.39 is 50.3 Å². The van der Waals surface area contributed by atoms with E-state index >= 15 is 0 Å². The first-order valence-electron chi connectivity index (χ1n) is 14.8. The van der Waals surface area contributed by atoms with E-state index in [9.17, 15) is 20.0 Å². The highest BCUT2D eigenvalue weighted by atomic mass is 31.2. The van der Waals surface area contributed by atoms with E-state index in [0.29, 0.717) is 11.8 Å². The van der Waals surface area contributed by atoms with Crippen LogP contribution in [0.4, 0.5) is 5.95 Å². The lowest BCUT2D eigenvalue weighted by Crippen LogP contribution is -2.43. The monoisotopic (exact) mass is 669 g/mol. The normalized spacial score (nSPS) is 22.8. The van der Waals surface area contributed by atoms with Gasteiger partial charge in [-0.3, -0.25) is 13.9 Å². The lowest BCUT2D eigenvalue weighted by Gasteiger charge is -2.28. The van der Waals surface area contributed by atoms with Crippen LogP contribution in [0.3, 0.4) is 0 Å². The maximum atomic E-state index is 14.4. The molecule has 250 valence electrons. The molecular formula is C29H36N9O8P. The van der Waals surface area contributed by atoms with Crippen molar-refractivity contribution in [3.05, 3.63) is 59.2 Å². The molecule has 4 aromatic rings. The molecule has 2 aromatic heterocycles.